The van der Waals surface area contributed by atoms with Crippen LogP contribution in [0.3, 0.4) is 0 Å². The van der Waals surface area contributed by atoms with Crippen molar-refractivity contribution in [3.8, 4) is 0 Å². The molecule has 0 saturated carbocycles. The van der Waals surface area contributed by atoms with Gasteiger partial charge in [-0.1, -0.05) is 56.6 Å². The summed E-state index contributed by atoms with van der Waals surface area (Å²) in [7, 11) is 0. The molecule has 0 aromatic heterocycles. The predicted molar refractivity (Wildman–Crippen MR) is 93.7 cm³/mol. The summed E-state index contributed by atoms with van der Waals surface area (Å²) < 4.78 is 0. The first-order valence-corrected chi connectivity index (χ1v) is 8.46. The summed E-state index contributed by atoms with van der Waals surface area (Å²) in [6.45, 7) is 6.58. The summed E-state index contributed by atoms with van der Waals surface area (Å²) in [5.74, 6) is 0. The van der Waals surface area contributed by atoms with Gasteiger partial charge in [0.2, 0.25) is 0 Å². The Morgan fingerprint density at radius 2 is 1.52 bits per heavy atom. The van der Waals surface area contributed by atoms with E-state index in [1.54, 1.807) is 0 Å². The molecule has 2 rings (SSSR count). The molecule has 0 heterocycles. The highest BCUT2D eigenvalue weighted by molar-refractivity contribution is 6.30. The average molecular weight is 321 g/mol. The van der Waals surface area contributed by atoms with E-state index in [4.69, 9.17) is 23.2 Å². The molecule has 0 aliphatic rings. The van der Waals surface area contributed by atoms with Crippen molar-refractivity contribution in [3.05, 3.63) is 69.2 Å². The van der Waals surface area contributed by atoms with Crippen molar-refractivity contribution in [3.63, 3.8) is 0 Å². The van der Waals surface area contributed by atoms with Gasteiger partial charge in [0.05, 0.1) is 5.38 Å². The zero-order chi connectivity index (χ0) is 15.4. The Kier molecular flexibility index (Phi) is 5.72. The second-order valence-electron chi connectivity index (χ2n) is 5.31. The van der Waals surface area contributed by atoms with Gasteiger partial charge in [0.25, 0.3) is 0 Å². The van der Waals surface area contributed by atoms with Crippen LogP contribution in [0.1, 0.15) is 54.0 Å². The summed E-state index contributed by atoms with van der Waals surface area (Å²) in [5, 5.41) is 0.596. The molecule has 0 amide bonds. The van der Waals surface area contributed by atoms with Crippen LogP contribution in [0, 0.1) is 0 Å². The van der Waals surface area contributed by atoms with Crippen molar-refractivity contribution >= 4 is 23.2 Å². The van der Waals surface area contributed by atoms with Gasteiger partial charge in [0, 0.05) is 5.02 Å². The monoisotopic (exact) mass is 320 g/mol. The lowest BCUT2D eigenvalue weighted by molar-refractivity contribution is 0.964. The molecule has 112 valence electrons. The SMILES string of the molecule is CCc1cc(CC)c(C(Cl)c2cccc(Cl)c2)c(CC)c1. The molecule has 0 saturated heterocycles. The number of aryl methyl sites for hydroxylation is 3. The second kappa shape index (κ2) is 7.33. The minimum atomic E-state index is -0.139. The van der Waals surface area contributed by atoms with E-state index in [9.17, 15) is 0 Å². The molecule has 0 N–H and O–H groups in total. The lowest BCUT2D eigenvalue weighted by Crippen LogP contribution is -2.05. The molecule has 0 aliphatic heterocycles. The Bertz CT molecular complexity index is 592. The molecule has 0 radical (unpaired) electrons. The standard InChI is InChI=1S/C19H22Cl2/c1-4-13-10-14(5-2)18(15(6-3)11-13)19(21)16-8-7-9-17(20)12-16/h7-12,19H,4-6H2,1-3H3. The third kappa shape index (κ3) is 3.62. The van der Waals surface area contributed by atoms with Gasteiger partial charge in [-0.15, -0.1) is 11.6 Å². The molecule has 21 heavy (non-hydrogen) atoms. The van der Waals surface area contributed by atoms with Gasteiger partial charge in [0.15, 0.2) is 0 Å². The lowest BCUT2D eigenvalue weighted by atomic mass is 9.89. The first-order valence-electron chi connectivity index (χ1n) is 7.64. The van der Waals surface area contributed by atoms with Crippen molar-refractivity contribution in [1.29, 1.82) is 0 Å². The van der Waals surface area contributed by atoms with E-state index in [1.165, 1.54) is 22.3 Å². The maximum atomic E-state index is 6.81. The van der Waals surface area contributed by atoms with E-state index in [2.05, 4.69) is 39.0 Å². The van der Waals surface area contributed by atoms with Gasteiger partial charge in [0.1, 0.15) is 0 Å². The molecule has 0 nitrogen and oxygen atoms in total. The topological polar surface area (TPSA) is 0 Å². The van der Waals surface area contributed by atoms with E-state index in [-0.39, 0.29) is 5.38 Å². The molecule has 0 fully saturated rings. The van der Waals surface area contributed by atoms with E-state index in [1.807, 2.05) is 18.2 Å². The van der Waals surface area contributed by atoms with Crippen molar-refractivity contribution < 1.29 is 0 Å². The van der Waals surface area contributed by atoms with Crippen LogP contribution in [0.15, 0.2) is 36.4 Å². The second-order valence-corrected chi connectivity index (χ2v) is 6.18. The van der Waals surface area contributed by atoms with Gasteiger partial charge in [-0.3, -0.25) is 0 Å². The van der Waals surface area contributed by atoms with Crippen LogP contribution < -0.4 is 0 Å². The van der Waals surface area contributed by atoms with Crippen LogP contribution in [0.4, 0.5) is 0 Å². The van der Waals surface area contributed by atoms with Crippen molar-refractivity contribution in [1.82, 2.24) is 0 Å². The minimum absolute atomic E-state index is 0.139. The van der Waals surface area contributed by atoms with Gasteiger partial charge in [-0.2, -0.15) is 0 Å². The molecule has 0 bridgehead atoms. The smallest absolute Gasteiger partial charge is 0.0841 e. The van der Waals surface area contributed by atoms with Crippen molar-refractivity contribution in [2.24, 2.45) is 0 Å². The largest absolute Gasteiger partial charge is 0.113 e. The Labute approximate surface area is 138 Å². The highest BCUT2D eigenvalue weighted by atomic mass is 35.5. The third-order valence-electron chi connectivity index (χ3n) is 3.98. The minimum Gasteiger partial charge on any atom is -0.113 e. The summed E-state index contributed by atoms with van der Waals surface area (Å²) in [4.78, 5) is 0. The van der Waals surface area contributed by atoms with Gasteiger partial charge in [-0.05, 0) is 59.2 Å². The molecule has 2 heteroatoms. The highest BCUT2D eigenvalue weighted by Crippen LogP contribution is 2.36. The van der Waals surface area contributed by atoms with Gasteiger partial charge >= 0.3 is 0 Å². The normalized spacial score (nSPS) is 12.4. The average Bonchev–Trinajstić information content (AvgIpc) is 2.52. The van der Waals surface area contributed by atoms with Gasteiger partial charge < -0.3 is 0 Å². The van der Waals surface area contributed by atoms with E-state index < -0.39 is 0 Å². The Hall–Kier alpha value is -0.980. The Balaban J connectivity index is 2.55. The van der Waals surface area contributed by atoms with Crippen LogP contribution in [0.5, 0.6) is 0 Å². The molecule has 1 atom stereocenters. The first kappa shape index (κ1) is 16.4. The number of alkyl halides is 1. The van der Waals surface area contributed by atoms with Crippen LogP contribution in [0.2, 0.25) is 5.02 Å². The lowest BCUT2D eigenvalue weighted by Gasteiger charge is -2.20. The number of halogens is 2. The van der Waals surface area contributed by atoms with E-state index >= 15 is 0 Å². The molecule has 0 spiro atoms. The van der Waals surface area contributed by atoms with Crippen LogP contribution in [0.25, 0.3) is 0 Å². The summed E-state index contributed by atoms with van der Waals surface area (Å²) in [6, 6.07) is 12.5. The molecule has 1 unspecified atom stereocenters. The zero-order valence-electron chi connectivity index (χ0n) is 12.9. The maximum absolute atomic E-state index is 6.81. The molecule has 2 aromatic carbocycles. The van der Waals surface area contributed by atoms with Crippen molar-refractivity contribution in [2.45, 2.75) is 45.4 Å². The molecule has 2 aromatic rings. The van der Waals surface area contributed by atoms with Crippen LogP contribution >= 0.6 is 23.2 Å². The number of benzene rings is 2. The summed E-state index contributed by atoms with van der Waals surface area (Å²) in [6.07, 6.45) is 3.06. The predicted octanol–water partition coefficient (Wildman–Crippen LogP) is 6.36. The highest BCUT2D eigenvalue weighted by Gasteiger charge is 2.18. The van der Waals surface area contributed by atoms with E-state index in [0.29, 0.717) is 0 Å². The van der Waals surface area contributed by atoms with Crippen LogP contribution in [-0.2, 0) is 19.3 Å². The number of hydrogen-bond donors (Lipinski definition) is 0. The Morgan fingerprint density at radius 3 is 2.00 bits per heavy atom. The molecular formula is C19H22Cl2. The summed E-state index contributed by atoms with van der Waals surface area (Å²) >= 11 is 12.9. The van der Waals surface area contributed by atoms with Crippen molar-refractivity contribution in [2.75, 3.05) is 0 Å². The quantitative estimate of drug-likeness (QED) is 0.562. The molecule has 0 aliphatic carbocycles. The van der Waals surface area contributed by atoms with Crippen LogP contribution in [-0.4, -0.2) is 0 Å². The Morgan fingerprint density at radius 1 is 0.905 bits per heavy atom. The summed E-state index contributed by atoms with van der Waals surface area (Å²) in [5.41, 5.74) is 6.43. The fourth-order valence-electron chi connectivity index (χ4n) is 2.80. The zero-order valence-corrected chi connectivity index (χ0v) is 14.4. The number of hydrogen-bond acceptors (Lipinski definition) is 0. The third-order valence-corrected chi connectivity index (χ3v) is 4.68. The number of rotatable bonds is 5. The van der Waals surface area contributed by atoms with Gasteiger partial charge in [-0.25, -0.2) is 0 Å². The molecular weight excluding hydrogens is 299 g/mol. The fraction of sp³-hybridized carbons (Fsp3) is 0.368. The maximum Gasteiger partial charge on any atom is 0.0841 e. The van der Waals surface area contributed by atoms with E-state index in [0.717, 1.165) is 29.8 Å². The first-order chi connectivity index (χ1) is 10.1. The fourth-order valence-corrected chi connectivity index (χ4v) is 3.41.